The molecule has 0 aliphatic heterocycles. The molecule has 6 heteroatoms. The normalized spacial score (nSPS) is 11.8. The van der Waals surface area contributed by atoms with Crippen molar-refractivity contribution in [3.8, 4) is 67.4 Å². The van der Waals surface area contributed by atoms with Gasteiger partial charge in [0.1, 0.15) is 22.3 Å². The number of hydrogen-bond donors (Lipinski definition) is 0. The maximum absolute atomic E-state index is 6.62. The van der Waals surface area contributed by atoms with Crippen molar-refractivity contribution in [1.29, 1.82) is 0 Å². The van der Waals surface area contributed by atoms with E-state index in [1.54, 1.807) is 0 Å². The molecule has 0 unspecified atom stereocenters. The second kappa shape index (κ2) is 14.4. The molecule has 0 atom stereocenters. The minimum absolute atomic E-state index is 0.637. The lowest BCUT2D eigenvalue weighted by Gasteiger charge is -2.14. The predicted molar refractivity (Wildman–Crippen MR) is 260 cm³/mol. The summed E-state index contributed by atoms with van der Waals surface area (Å²) < 4.78 is 13.2. The molecule has 0 fully saturated rings. The van der Waals surface area contributed by atoms with Crippen LogP contribution in [-0.2, 0) is 0 Å². The number of fused-ring (bicyclic) bond motifs is 9. The summed E-state index contributed by atoms with van der Waals surface area (Å²) in [6.07, 6.45) is 1.82. The third-order valence-electron chi connectivity index (χ3n) is 12.3. The van der Waals surface area contributed by atoms with Crippen LogP contribution in [0.5, 0.6) is 0 Å². The molecule has 13 aromatic rings. The van der Waals surface area contributed by atoms with Crippen molar-refractivity contribution in [2.45, 2.75) is 0 Å². The van der Waals surface area contributed by atoms with Gasteiger partial charge < -0.3 is 8.83 Å². The number of para-hydroxylation sites is 4. The van der Waals surface area contributed by atoms with Crippen molar-refractivity contribution >= 4 is 65.7 Å². The summed E-state index contributed by atoms with van der Waals surface area (Å²) in [6.45, 7) is 0. The second-order valence-corrected chi connectivity index (χ2v) is 16.2. The van der Waals surface area contributed by atoms with Gasteiger partial charge in [-0.1, -0.05) is 152 Å². The number of benzene rings is 8. The molecule has 0 saturated carbocycles. The van der Waals surface area contributed by atoms with Crippen LogP contribution in [0.2, 0.25) is 0 Å². The Bertz CT molecular complexity index is 3830. The minimum atomic E-state index is 0.637. The molecule has 6 nitrogen and oxygen atoms in total. The first-order chi connectivity index (χ1) is 31.7. The van der Waals surface area contributed by atoms with E-state index in [1.807, 2.05) is 54.7 Å². The molecule has 0 saturated heterocycles. The lowest BCUT2D eigenvalue weighted by atomic mass is 9.93. The Morgan fingerprint density at radius 3 is 1.50 bits per heavy atom. The molecular formula is C58H34N4O2. The molecular weight excluding hydrogens is 785 g/mol. The molecule has 13 rings (SSSR count). The van der Waals surface area contributed by atoms with E-state index in [0.29, 0.717) is 5.82 Å². The van der Waals surface area contributed by atoms with E-state index in [4.69, 9.17) is 23.8 Å². The molecule has 0 aliphatic rings. The van der Waals surface area contributed by atoms with E-state index in [-0.39, 0.29) is 0 Å². The Morgan fingerprint density at radius 1 is 0.312 bits per heavy atom. The molecule has 0 aliphatic carbocycles. The molecule has 0 spiro atoms. The zero-order chi connectivity index (χ0) is 42.1. The Morgan fingerprint density at radius 2 is 0.844 bits per heavy atom. The van der Waals surface area contributed by atoms with Crippen molar-refractivity contribution in [2.24, 2.45) is 0 Å². The van der Waals surface area contributed by atoms with Gasteiger partial charge in [-0.15, -0.1) is 0 Å². The number of furan rings is 2. The fourth-order valence-electron chi connectivity index (χ4n) is 9.19. The lowest BCUT2D eigenvalue weighted by molar-refractivity contribution is 0.670. The zero-order valence-corrected chi connectivity index (χ0v) is 34.2. The summed E-state index contributed by atoms with van der Waals surface area (Å²) in [5.74, 6) is 0.637. The van der Waals surface area contributed by atoms with Gasteiger partial charge in [0.2, 0.25) is 0 Å². The maximum atomic E-state index is 6.62. The highest BCUT2D eigenvalue weighted by molar-refractivity contribution is 6.12. The minimum Gasteiger partial charge on any atom is -0.455 e. The van der Waals surface area contributed by atoms with Crippen LogP contribution < -0.4 is 0 Å². The highest BCUT2D eigenvalue weighted by Gasteiger charge is 2.19. The first kappa shape index (κ1) is 36.0. The van der Waals surface area contributed by atoms with Gasteiger partial charge in [-0.2, -0.15) is 0 Å². The van der Waals surface area contributed by atoms with Gasteiger partial charge in [0, 0.05) is 71.9 Å². The van der Waals surface area contributed by atoms with E-state index in [2.05, 4.69) is 157 Å². The molecule has 0 amide bonds. The zero-order valence-electron chi connectivity index (χ0n) is 34.2. The Labute approximate surface area is 366 Å². The maximum Gasteiger partial charge on any atom is 0.160 e. The summed E-state index contributed by atoms with van der Waals surface area (Å²) in [7, 11) is 0. The highest BCUT2D eigenvalue weighted by atomic mass is 16.3. The van der Waals surface area contributed by atoms with Crippen LogP contribution in [0.25, 0.3) is 133 Å². The molecule has 64 heavy (non-hydrogen) atoms. The third-order valence-corrected chi connectivity index (χ3v) is 12.3. The largest absolute Gasteiger partial charge is 0.455 e. The Hall–Kier alpha value is -8.74. The Balaban J connectivity index is 0.996. The number of aromatic nitrogens is 4. The number of nitrogens with zero attached hydrogens (tertiary/aromatic N) is 4. The van der Waals surface area contributed by atoms with Crippen molar-refractivity contribution in [3.63, 3.8) is 0 Å². The summed E-state index contributed by atoms with van der Waals surface area (Å²) in [5.41, 5.74) is 15.5. The first-order valence-corrected chi connectivity index (χ1v) is 21.4. The predicted octanol–water partition coefficient (Wildman–Crippen LogP) is 15.4. The van der Waals surface area contributed by atoms with Gasteiger partial charge in [0.25, 0.3) is 0 Å². The van der Waals surface area contributed by atoms with Gasteiger partial charge in [-0.05, 0) is 59.7 Å². The second-order valence-electron chi connectivity index (χ2n) is 16.2. The van der Waals surface area contributed by atoms with Crippen molar-refractivity contribution in [3.05, 3.63) is 206 Å². The van der Waals surface area contributed by atoms with Crippen molar-refractivity contribution in [1.82, 2.24) is 19.9 Å². The summed E-state index contributed by atoms with van der Waals surface area (Å²) >= 11 is 0. The van der Waals surface area contributed by atoms with Crippen LogP contribution in [0.1, 0.15) is 0 Å². The van der Waals surface area contributed by atoms with Gasteiger partial charge in [-0.25, -0.2) is 15.0 Å². The third kappa shape index (κ3) is 5.96. The number of pyridine rings is 2. The molecule has 0 bridgehead atoms. The van der Waals surface area contributed by atoms with Crippen molar-refractivity contribution < 1.29 is 8.83 Å². The van der Waals surface area contributed by atoms with Gasteiger partial charge in [-0.3, -0.25) is 4.98 Å². The quantitative estimate of drug-likeness (QED) is 0.156. The van der Waals surface area contributed by atoms with Crippen LogP contribution in [0.4, 0.5) is 0 Å². The van der Waals surface area contributed by atoms with Gasteiger partial charge in [0.15, 0.2) is 5.82 Å². The molecule has 0 N–H and O–H groups in total. The fourth-order valence-corrected chi connectivity index (χ4v) is 9.19. The van der Waals surface area contributed by atoms with Crippen LogP contribution in [0.15, 0.2) is 215 Å². The number of rotatable bonds is 6. The first-order valence-electron chi connectivity index (χ1n) is 21.4. The monoisotopic (exact) mass is 818 g/mol. The SMILES string of the molecule is c1ccc(-c2nc(-c3ccc(-c4ccc5ccc6cccnc6c5n4)cc3)cc(-c3cc(-c4cccc5c4oc4ccccc45)cc(-c4cccc5c4oc4ccccc45)c3)n2)cc1. The van der Waals surface area contributed by atoms with Crippen LogP contribution >= 0.6 is 0 Å². The summed E-state index contributed by atoms with van der Waals surface area (Å²) in [6, 6.07) is 69.1. The van der Waals surface area contributed by atoms with Gasteiger partial charge >= 0.3 is 0 Å². The van der Waals surface area contributed by atoms with E-state index < -0.39 is 0 Å². The van der Waals surface area contributed by atoms with Crippen LogP contribution in [-0.4, -0.2) is 19.9 Å². The van der Waals surface area contributed by atoms with E-state index in [0.717, 1.165) is 127 Å². The average molecular weight is 819 g/mol. The van der Waals surface area contributed by atoms with Crippen LogP contribution in [0.3, 0.4) is 0 Å². The summed E-state index contributed by atoms with van der Waals surface area (Å²) in [5, 5.41) is 6.45. The van der Waals surface area contributed by atoms with Crippen molar-refractivity contribution in [2.75, 3.05) is 0 Å². The lowest BCUT2D eigenvalue weighted by Crippen LogP contribution is -1.97. The Kier molecular flexibility index (Phi) is 8.11. The van der Waals surface area contributed by atoms with E-state index in [9.17, 15) is 0 Å². The van der Waals surface area contributed by atoms with E-state index in [1.165, 1.54) is 0 Å². The molecule has 8 aromatic carbocycles. The fraction of sp³-hybridized carbons (Fsp3) is 0. The highest BCUT2D eigenvalue weighted by Crippen LogP contribution is 2.42. The smallest absolute Gasteiger partial charge is 0.160 e. The average Bonchev–Trinajstić information content (AvgIpc) is 3.95. The molecule has 298 valence electrons. The summed E-state index contributed by atoms with van der Waals surface area (Å²) in [4.78, 5) is 20.3. The molecule has 0 radical (unpaired) electrons. The van der Waals surface area contributed by atoms with E-state index >= 15 is 0 Å². The molecule has 5 aromatic heterocycles. The van der Waals surface area contributed by atoms with Crippen LogP contribution in [0, 0.1) is 0 Å². The standard InChI is InChI=1S/C58H34N4O2/c1-2-11-39(12-3-1)58-61-50(36-24-22-35(23-25-36)49-29-28-38-27-26-37-13-10-30-59-54(37)55(38)60-49)34-51(62-58)42-32-40(43-16-8-18-47-45-14-4-6-20-52(45)63-56(43)47)31-41(33-42)44-17-9-19-48-46-15-5-7-21-53(46)64-57(44)48/h1-34H. The number of hydrogen-bond acceptors (Lipinski definition) is 6. The van der Waals surface area contributed by atoms with Gasteiger partial charge in [0.05, 0.1) is 28.1 Å². The topological polar surface area (TPSA) is 77.8 Å². The molecule has 5 heterocycles.